The lowest BCUT2D eigenvalue weighted by atomic mass is 9.87. The number of hydrogen-bond acceptors (Lipinski definition) is 3. The molecule has 0 bridgehead atoms. The molecule has 0 fully saturated rings. The number of rotatable bonds is 5. The predicted octanol–water partition coefficient (Wildman–Crippen LogP) is 4.24. The Morgan fingerprint density at radius 1 is 1.25 bits per heavy atom. The lowest BCUT2D eigenvalue weighted by Gasteiger charge is -2.30. The number of nitrogens with two attached hydrogens (primary N) is 1. The number of carbonyl (C=O) groups excluding carboxylic acids is 1. The number of aromatic amines is 1. The Morgan fingerprint density at radius 2 is 1.96 bits per heavy atom. The second-order valence-electron chi connectivity index (χ2n) is 7.83. The molecule has 3 unspecified atom stereocenters. The van der Waals surface area contributed by atoms with Gasteiger partial charge in [-0.15, -0.1) is 0 Å². The zero-order chi connectivity index (χ0) is 19.8. The summed E-state index contributed by atoms with van der Waals surface area (Å²) in [7, 11) is 0. The van der Waals surface area contributed by atoms with Gasteiger partial charge in [0.1, 0.15) is 5.82 Å². The zero-order valence-corrected chi connectivity index (χ0v) is 16.3. The maximum absolute atomic E-state index is 13.2. The number of nitrogens with one attached hydrogen (secondary N) is 2. The molecule has 1 heterocycles. The molecule has 0 saturated heterocycles. The van der Waals surface area contributed by atoms with Gasteiger partial charge in [-0.1, -0.05) is 6.92 Å². The normalized spacial score (nSPS) is 20.1. The third-order valence-corrected chi connectivity index (χ3v) is 5.80. The van der Waals surface area contributed by atoms with Gasteiger partial charge in [0, 0.05) is 45.8 Å². The van der Waals surface area contributed by atoms with E-state index in [1.165, 1.54) is 29.8 Å². The first-order chi connectivity index (χ1) is 13.5. The van der Waals surface area contributed by atoms with Crippen molar-refractivity contribution in [2.45, 2.75) is 51.2 Å². The molecule has 4 rings (SSSR count). The molecular weight excluding hydrogens is 353 g/mol. The van der Waals surface area contributed by atoms with Crippen LogP contribution in [0.1, 0.15) is 59.9 Å². The van der Waals surface area contributed by atoms with Crippen LogP contribution in [0.25, 0.3) is 10.9 Å². The summed E-state index contributed by atoms with van der Waals surface area (Å²) in [5.74, 6) is -0.452. The van der Waals surface area contributed by atoms with Crippen LogP contribution in [0.3, 0.4) is 0 Å². The van der Waals surface area contributed by atoms with Crippen molar-refractivity contribution in [2.75, 3.05) is 0 Å². The van der Waals surface area contributed by atoms with E-state index in [-0.39, 0.29) is 17.6 Å². The molecule has 0 radical (unpaired) electrons. The Morgan fingerprint density at radius 3 is 2.68 bits per heavy atom. The summed E-state index contributed by atoms with van der Waals surface area (Å²) in [6, 6.07) is 12.1. The third-order valence-electron chi connectivity index (χ3n) is 5.80. The summed E-state index contributed by atoms with van der Waals surface area (Å²) in [5.41, 5.74) is 10.8. The second kappa shape index (κ2) is 7.49. The Bertz CT molecular complexity index is 1010. The van der Waals surface area contributed by atoms with Gasteiger partial charge in [0.25, 0.3) is 0 Å². The van der Waals surface area contributed by atoms with Crippen molar-refractivity contribution >= 4 is 16.7 Å². The molecule has 4 N–H and O–H groups in total. The lowest BCUT2D eigenvalue weighted by Crippen LogP contribution is -2.42. The van der Waals surface area contributed by atoms with E-state index < -0.39 is 0 Å². The Balaban J connectivity index is 1.69. The van der Waals surface area contributed by atoms with Crippen molar-refractivity contribution in [1.82, 2.24) is 10.3 Å². The summed E-state index contributed by atoms with van der Waals surface area (Å²) < 4.78 is 13.2. The average Bonchev–Trinajstić information content (AvgIpc) is 3.06. The van der Waals surface area contributed by atoms with Gasteiger partial charge in [-0.25, -0.2) is 4.39 Å². The van der Waals surface area contributed by atoms with E-state index in [9.17, 15) is 9.18 Å². The van der Waals surface area contributed by atoms with Crippen molar-refractivity contribution in [3.8, 4) is 0 Å². The van der Waals surface area contributed by atoms with Crippen LogP contribution in [0.5, 0.6) is 0 Å². The molecule has 3 atom stereocenters. The number of ketones is 1. The maximum Gasteiger partial charge on any atom is 0.193 e. The van der Waals surface area contributed by atoms with Crippen LogP contribution in [-0.2, 0) is 6.42 Å². The van der Waals surface area contributed by atoms with Gasteiger partial charge in [-0.05, 0) is 74.2 Å². The first-order valence-electron chi connectivity index (χ1n) is 9.92. The number of halogens is 1. The van der Waals surface area contributed by atoms with Crippen molar-refractivity contribution in [3.05, 3.63) is 70.7 Å². The summed E-state index contributed by atoms with van der Waals surface area (Å²) in [5, 5.41) is 4.72. The molecule has 3 aromatic rings. The van der Waals surface area contributed by atoms with Crippen LogP contribution in [0.2, 0.25) is 0 Å². The zero-order valence-electron chi connectivity index (χ0n) is 16.3. The Labute approximate surface area is 164 Å². The minimum absolute atomic E-state index is 0.0473. The molecule has 28 heavy (non-hydrogen) atoms. The second-order valence-corrected chi connectivity index (χ2v) is 7.83. The summed E-state index contributed by atoms with van der Waals surface area (Å²) in [4.78, 5) is 16.3. The summed E-state index contributed by atoms with van der Waals surface area (Å²) in [6.07, 6.45) is 2.86. The van der Waals surface area contributed by atoms with Crippen molar-refractivity contribution in [2.24, 2.45) is 5.73 Å². The lowest BCUT2D eigenvalue weighted by molar-refractivity contribution is 0.103. The number of benzene rings is 2. The quantitative estimate of drug-likeness (QED) is 0.581. The molecule has 146 valence electrons. The van der Waals surface area contributed by atoms with Crippen LogP contribution in [0.15, 0.2) is 42.5 Å². The largest absolute Gasteiger partial charge is 0.357 e. The van der Waals surface area contributed by atoms with E-state index in [4.69, 9.17) is 5.73 Å². The highest BCUT2D eigenvalue weighted by molar-refractivity contribution is 6.10. The van der Waals surface area contributed by atoms with Gasteiger partial charge in [-0.2, -0.15) is 0 Å². The molecule has 1 aliphatic carbocycles. The van der Waals surface area contributed by atoms with Crippen LogP contribution < -0.4 is 11.1 Å². The Kier molecular flexibility index (Phi) is 5.04. The standard InChI is InChI=1S/C23H26FN3O/c1-3-13(2)26-17-11-19-18-10-15(23(28)14-4-7-16(24)8-5-14)6-9-21(18)27-22(19)20(25)12-17/h4-10,13,17,20,26-27H,3,11-12,25H2,1-2H3. The topological polar surface area (TPSA) is 70.9 Å². The van der Waals surface area contributed by atoms with E-state index in [1.807, 2.05) is 18.2 Å². The van der Waals surface area contributed by atoms with E-state index in [0.29, 0.717) is 23.2 Å². The molecule has 0 amide bonds. The molecule has 1 aromatic heterocycles. The van der Waals surface area contributed by atoms with Crippen LogP contribution in [0, 0.1) is 5.82 Å². The predicted molar refractivity (Wildman–Crippen MR) is 110 cm³/mol. The molecule has 0 saturated carbocycles. The Hall–Kier alpha value is -2.50. The summed E-state index contributed by atoms with van der Waals surface area (Å²) in [6.45, 7) is 4.36. The number of aromatic nitrogens is 1. The highest BCUT2D eigenvalue weighted by Crippen LogP contribution is 2.34. The number of fused-ring (bicyclic) bond motifs is 3. The SMILES string of the molecule is CCC(C)NC1Cc2c([nH]c3ccc(C(=O)c4ccc(F)cc4)cc23)C(N)C1. The minimum atomic E-state index is -0.347. The fraction of sp³-hybridized carbons (Fsp3) is 0.348. The molecular formula is C23H26FN3O. The van der Waals surface area contributed by atoms with Crippen LogP contribution in [0.4, 0.5) is 4.39 Å². The van der Waals surface area contributed by atoms with E-state index in [1.54, 1.807) is 0 Å². The minimum Gasteiger partial charge on any atom is -0.357 e. The average molecular weight is 379 g/mol. The highest BCUT2D eigenvalue weighted by Gasteiger charge is 2.28. The highest BCUT2D eigenvalue weighted by atomic mass is 19.1. The third kappa shape index (κ3) is 3.48. The van der Waals surface area contributed by atoms with Gasteiger partial charge >= 0.3 is 0 Å². The van der Waals surface area contributed by atoms with Crippen LogP contribution in [-0.4, -0.2) is 22.9 Å². The molecule has 2 aromatic carbocycles. The molecule has 1 aliphatic rings. The molecule has 0 aliphatic heterocycles. The van der Waals surface area contributed by atoms with Crippen LogP contribution >= 0.6 is 0 Å². The molecule has 0 spiro atoms. The van der Waals surface area contributed by atoms with Crippen molar-refractivity contribution < 1.29 is 9.18 Å². The summed E-state index contributed by atoms with van der Waals surface area (Å²) >= 11 is 0. The van der Waals surface area contributed by atoms with Gasteiger partial charge in [0.15, 0.2) is 5.78 Å². The first kappa shape index (κ1) is 18.8. The van der Waals surface area contributed by atoms with E-state index in [0.717, 1.165) is 35.9 Å². The fourth-order valence-corrected chi connectivity index (χ4v) is 4.12. The number of carbonyl (C=O) groups is 1. The maximum atomic E-state index is 13.2. The van der Waals surface area contributed by atoms with Gasteiger partial charge in [0.05, 0.1) is 0 Å². The van der Waals surface area contributed by atoms with E-state index in [2.05, 4.69) is 24.1 Å². The monoisotopic (exact) mass is 379 g/mol. The fourth-order valence-electron chi connectivity index (χ4n) is 4.12. The van der Waals surface area contributed by atoms with Gasteiger partial charge in [0.2, 0.25) is 0 Å². The smallest absolute Gasteiger partial charge is 0.193 e. The number of H-pyrrole nitrogens is 1. The van der Waals surface area contributed by atoms with Gasteiger partial charge < -0.3 is 16.0 Å². The first-order valence-corrected chi connectivity index (χ1v) is 9.92. The van der Waals surface area contributed by atoms with E-state index >= 15 is 0 Å². The van der Waals surface area contributed by atoms with Crippen molar-refractivity contribution in [3.63, 3.8) is 0 Å². The van der Waals surface area contributed by atoms with Crippen molar-refractivity contribution in [1.29, 1.82) is 0 Å². The molecule has 4 nitrogen and oxygen atoms in total. The number of hydrogen-bond donors (Lipinski definition) is 3. The van der Waals surface area contributed by atoms with Gasteiger partial charge in [-0.3, -0.25) is 4.79 Å². The molecule has 5 heteroatoms.